The fourth-order valence-corrected chi connectivity index (χ4v) is 1.80. The summed E-state index contributed by atoms with van der Waals surface area (Å²) < 4.78 is 5.15. The predicted molar refractivity (Wildman–Crippen MR) is 58.9 cm³/mol. The maximum atomic E-state index is 8.73. The predicted octanol–water partition coefficient (Wildman–Crippen LogP) is 2.55. The summed E-state index contributed by atoms with van der Waals surface area (Å²) in [7, 11) is 1.65. The molecule has 0 spiro atoms. The van der Waals surface area contributed by atoms with Crippen molar-refractivity contribution in [3.63, 3.8) is 0 Å². The Kier molecular flexibility index (Phi) is 2.34. The summed E-state index contributed by atoms with van der Waals surface area (Å²) in [5.41, 5.74) is 3.16. The molecule has 0 atom stereocenters. The molecule has 1 N–H and O–H groups in total. The average molecular weight is 200 g/mol. The highest BCUT2D eigenvalue weighted by molar-refractivity contribution is 5.86. The number of benzene rings is 1. The van der Waals surface area contributed by atoms with Crippen LogP contribution in [0.5, 0.6) is 5.75 Å². The molecule has 1 heterocycles. The standard InChI is InChI=1S/C12H12N2O/c1-8-10(5-6-13)11-4-3-9(15-2)7-12(11)14-8/h3-4,7,14H,5H2,1-2H3. The molecule has 2 rings (SSSR count). The van der Waals surface area contributed by atoms with E-state index >= 15 is 0 Å². The fraction of sp³-hybridized carbons (Fsp3) is 0.250. The first-order valence-corrected chi connectivity index (χ1v) is 4.78. The molecule has 2 aromatic rings. The normalized spacial score (nSPS) is 10.2. The fourth-order valence-electron chi connectivity index (χ4n) is 1.80. The zero-order valence-electron chi connectivity index (χ0n) is 8.79. The van der Waals surface area contributed by atoms with E-state index in [-0.39, 0.29) is 0 Å². The molecular weight excluding hydrogens is 188 g/mol. The van der Waals surface area contributed by atoms with E-state index in [4.69, 9.17) is 10.00 Å². The van der Waals surface area contributed by atoms with Gasteiger partial charge in [-0.25, -0.2) is 0 Å². The first kappa shape index (κ1) is 9.60. The van der Waals surface area contributed by atoms with Gasteiger partial charge in [0.1, 0.15) is 5.75 Å². The van der Waals surface area contributed by atoms with Crippen molar-refractivity contribution in [2.75, 3.05) is 7.11 Å². The zero-order valence-corrected chi connectivity index (χ0v) is 8.79. The lowest BCUT2D eigenvalue weighted by atomic mass is 10.1. The lowest BCUT2D eigenvalue weighted by molar-refractivity contribution is 0.415. The summed E-state index contributed by atoms with van der Waals surface area (Å²) in [5.74, 6) is 0.826. The van der Waals surface area contributed by atoms with Gasteiger partial charge in [-0.1, -0.05) is 0 Å². The molecule has 0 unspecified atom stereocenters. The summed E-state index contributed by atoms with van der Waals surface area (Å²) in [4.78, 5) is 3.26. The number of rotatable bonds is 2. The number of hydrogen-bond donors (Lipinski definition) is 1. The Morgan fingerprint density at radius 3 is 2.93 bits per heavy atom. The van der Waals surface area contributed by atoms with Crippen molar-refractivity contribution in [2.24, 2.45) is 0 Å². The molecule has 0 bridgehead atoms. The third-order valence-electron chi connectivity index (χ3n) is 2.58. The van der Waals surface area contributed by atoms with Crippen LogP contribution in [0.1, 0.15) is 11.3 Å². The molecular formula is C12H12N2O. The van der Waals surface area contributed by atoms with E-state index in [1.165, 1.54) is 0 Å². The van der Waals surface area contributed by atoms with Gasteiger partial charge in [-0.05, 0) is 24.6 Å². The second-order valence-corrected chi connectivity index (χ2v) is 3.47. The van der Waals surface area contributed by atoms with Crippen LogP contribution in [0.4, 0.5) is 0 Å². The van der Waals surface area contributed by atoms with E-state index < -0.39 is 0 Å². The summed E-state index contributed by atoms with van der Waals surface area (Å²) >= 11 is 0. The van der Waals surface area contributed by atoms with E-state index in [9.17, 15) is 0 Å². The molecule has 1 aromatic carbocycles. The Morgan fingerprint density at radius 2 is 2.27 bits per heavy atom. The van der Waals surface area contributed by atoms with Crippen LogP contribution in [0.3, 0.4) is 0 Å². The number of hydrogen-bond acceptors (Lipinski definition) is 2. The molecule has 0 aliphatic heterocycles. The van der Waals surface area contributed by atoms with Crippen molar-refractivity contribution in [2.45, 2.75) is 13.3 Å². The smallest absolute Gasteiger partial charge is 0.120 e. The molecule has 0 saturated carbocycles. The Bertz CT molecular complexity index is 534. The molecule has 76 valence electrons. The number of fused-ring (bicyclic) bond motifs is 1. The third kappa shape index (κ3) is 1.55. The molecule has 15 heavy (non-hydrogen) atoms. The maximum absolute atomic E-state index is 8.73. The lowest BCUT2D eigenvalue weighted by Gasteiger charge is -1.99. The first-order valence-electron chi connectivity index (χ1n) is 4.78. The average Bonchev–Trinajstić information content (AvgIpc) is 2.55. The monoisotopic (exact) mass is 200 g/mol. The molecule has 0 saturated heterocycles. The number of ether oxygens (including phenoxy) is 1. The van der Waals surface area contributed by atoms with E-state index in [2.05, 4.69) is 11.1 Å². The maximum Gasteiger partial charge on any atom is 0.120 e. The second-order valence-electron chi connectivity index (χ2n) is 3.47. The van der Waals surface area contributed by atoms with Gasteiger partial charge in [0, 0.05) is 22.7 Å². The Hall–Kier alpha value is -1.95. The number of nitrogens with one attached hydrogen (secondary N) is 1. The van der Waals surface area contributed by atoms with Gasteiger partial charge in [0.25, 0.3) is 0 Å². The molecule has 3 nitrogen and oxygen atoms in total. The van der Waals surface area contributed by atoms with Crippen molar-refractivity contribution in [3.05, 3.63) is 29.5 Å². The van der Waals surface area contributed by atoms with Crippen LogP contribution in [-0.2, 0) is 6.42 Å². The quantitative estimate of drug-likeness (QED) is 0.809. The topological polar surface area (TPSA) is 48.8 Å². The van der Waals surface area contributed by atoms with Crippen LogP contribution < -0.4 is 4.74 Å². The van der Waals surface area contributed by atoms with Crippen molar-refractivity contribution in [3.8, 4) is 11.8 Å². The molecule has 0 aliphatic carbocycles. The number of aryl methyl sites for hydroxylation is 1. The molecule has 3 heteroatoms. The third-order valence-corrected chi connectivity index (χ3v) is 2.58. The van der Waals surface area contributed by atoms with Crippen LogP contribution in [0.15, 0.2) is 18.2 Å². The number of nitrogens with zero attached hydrogens (tertiary/aromatic N) is 1. The van der Waals surface area contributed by atoms with Crippen molar-refractivity contribution < 1.29 is 4.74 Å². The van der Waals surface area contributed by atoms with Gasteiger partial charge < -0.3 is 9.72 Å². The van der Waals surface area contributed by atoms with Crippen LogP contribution in [0.25, 0.3) is 10.9 Å². The van der Waals surface area contributed by atoms with Gasteiger partial charge >= 0.3 is 0 Å². The van der Waals surface area contributed by atoms with Crippen LogP contribution in [0.2, 0.25) is 0 Å². The van der Waals surface area contributed by atoms with Crippen LogP contribution >= 0.6 is 0 Å². The van der Waals surface area contributed by atoms with Gasteiger partial charge in [0.2, 0.25) is 0 Å². The Labute approximate surface area is 88.3 Å². The minimum absolute atomic E-state index is 0.443. The zero-order chi connectivity index (χ0) is 10.8. The Morgan fingerprint density at radius 1 is 1.47 bits per heavy atom. The van der Waals surface area contributed by atoms with Gasteiger partial charge in [-0.15, -0.1) is 0 Å². The van der Waals surface area contributed by atoms with Crippen molar-refractivity contribution in [1.82, 2.24) is 4.98 Å². The summed E-state index contributed by atoms with van der Waals surface area (Å²) in [6.07, 6.45) is 0.443. The van der Waals surface area contributed by atoms with Crippen molar-refractivity contribution >= 4 is 10.9 Å². The lowest BCUT2D eigenvalue weighted by Crippen LogP contribution is -1.83. The molecule has 1 aromatic heterocycles. The minimum Gasteiger partial charge on any atom is -0.497 e. The van der Waals surface area contributed by atoms with Crippen molar-refractivity contribution in [1.29, 1.82) is 5.26 Å². The van der Waals surface area contributed by atoms with Gasteiger partial charge in [0.05, 0.1) is 19.6 Å². The van der Waals surface area contributed by atoms with Gasteiger partial charge in [-0.2, -0.15) is 5.26 Å². The molecule has 0 amide bonds. The number of H-pyrrole nitrogens is 1. The molecule has 0 aliphatic rings. The second kappa shape index (κ2) is 3.66. The highest BCUT2D eigenvalue weighted by Gasteiger charge is 2.08. The molecule has 0 fully saturated rings. The number of aromatic nitrogens is 1. The van der Waals surface area contributed by atoms with Crippen LogP contribution in [0, 0.1) is 18.3 Å². The van der Waals surface area contributed by atoms with Gasteiger partial charge in [0.15, 0.2) is 0 Å². The first-order chi connectivity index (χ1) is 7.26. The number of methoxy groups -OCH3 is 1. The minimum atomic E-state index is 0.443. The SMILES string of the molecule is COc1ccc2c(CC#N)c(C)[nH]c2c1. The molecule has 0 radical (unpaired) electrons. The van der Waals surface area contributed by atoms with Gasteiger partial charge in [-0.3, -0.25) is 0 Å². The number of aromatic amines is 1. The Balaban J connectivity index is 2.64. The highest BCUT2D eigenvalue weighted by atomic mass is 16.5. The van der Waals surface area contributed by atoms with E-state index in [0.29, 0.717) is 6.42 Å². The van der Waals surface area contributed by atoms with E-state index in [1.807, 2.05) is 25.1 Å². The number of nitriles is 1. The summed E-state index contributed by atoms with van der Waals surface area (Å²) in [6.45, 7) is 1.99. The van der Waals surface area contributed by atoms with Crippen LogP contribution in [-0.4, -0.2) is 12.1 Å². The highest BCUT2D eigenvalue weighted by Crippen LogP contribution is 2.25. The summed E-state index contributed by atoms with van der Waals surface area (Å²) in [5, 5.41) is 9.84. The largest absolute Gasteiger partial charge is 0.497 e. The van der Waals surface area contributed by atoms with E-state index in [1.54, 1.807) is 7.11 Å². The van der Waals surface area contributed by atoms with E-state index in [0.717, 1.165) is 27.9 Å². The summed E-state index contributed by atoms with van der Waals surface area (Å²) in [6, 6.07) is 8.03.